The smallest absolute Gasteiger partial charge is 0.210 e. The number of carbonyl (C=O) groups is 1. The van der Waals surface area contributed by atoms with Crippen LogP contribution in [0, 0.1) is 6.92 Å². The molecule has 6 heteroatoms. The summed E-state index contributed by atoms with van der Waals surface area (Å²) >= 11 is 16.5. The maximum Gasteiger partial charge on any atom is 0.210 e. The third-order valence-corrected chi connectivity index (χ3v) is 4.40. The summed E-state index contributed by atoms with van der Waals surface area (Å²) in [6, 6.07) is 7.00. The van der Waals surface area contributed by atoms with E-state index in [1.165, 1.54) is 11.3 Å². The predicted octanol–water partition coefficient (Wildman–Crippen LogP) is 5.39. The van der Waals surface area contributed by atoms with Gasteiger partial charge >= 0.3 is 0 Å². The lowest BCUT2D eigenvalue weighted by Gasteiger charge is -2.10. The highest BCUT2D eigenvalue weighted by molar-refractivity contribution is 9.10. The summed E-state index contributed by atoms with van der Waals surface area (Å²) in [6.07, 6.45) is 0. The predicted molar refractivity (Wildman–Crippen MR) is 83.0 cm³/mol. The van der Waals surface area contributed by atoms with Gasteiger partial charge in [0.1, 0.15) is 5.75 Å². The Bertz CT molecular complexity index is 602. The van der Waals surface area contributed by atoms with Gasteiger partial charge in [0.2, 0.25) is 5.78 Å². The van der Waals surface area contributed by atoms with Crippen molar-refractivity contribution in [3.05, 3.63) is 48.5 Å². The zero-order chi connectivity index (χ0) is 14.0. The normalized spacial score (nSPS) is 10.5. The Hall–Kier alpha value is -0.550. The van der Waals surface area contributed by atoms with Crippen molar-refractivity contribution >= 4 is 56.3 Å². The summed E-state index contributed by atoms with van der Waals surface area (Å²) in [5, 5.41) is 0.476. The Morgan fingerprint density at radius 2 is 2.11 bits per heavy atom. The number of Topliss-reactive ketones (excluding diaryl/α,β-unsaturated/α-hetero) is 1. The zero-order valence-electron chi connectivity index (χ0n) is 9.88. The minimum Gasteiger partial charge on any atom is -0.484 e. The molecule has 19 heavy (non-hydrogen) atoms. The van der Waals surface area contributed by atoms with Gasteiger partial charge in [-0.2, -0.15) is 0 Å². The highest BCUT2D eigenvalue weighted by Gasteiger charge is 2.13. The SMILES string of the molecule is Cc1cc(Br)cc(Cl)c1OCC(=O)c1ccc(Cl)s1. The number of ether oxygens (including phenoxy) is 1. The molecule has 0 saturated carbocycles. The largest absolute Gasteiger partial charge is 0.484 e. The molecule has 1 aromatic heterocycles. The molecule has 2 rings (SSSR count). The van der Waals surface area contributed by atoms with Crippen LogP contribution < -0.4 is 4.74 Å². The zero-order valence-corrected chi connectivity index (χ0v) is 13.8. The molecule has 0 bridgehead atoms. The van der Waals surface area contributed by atoms with Crippen LogP contribution in [0.4, 0.5) is 0 Å². The molecule has 0 unspecified atom stereocenters. The van der Waals surface area contributed by atoms with Gasteiger partial charge in [-0.15, -0.1) is 11.3 Å². The minimum absolute atomic E-state index is 0.0565. The number of aryl methyl sites for hydroxylation is 1. The van der Waals surface area contributed by atoms with Gasteiger partial charge in [0.05, 0.1) is 14.2 Å². The van der Waals surface area contributed by atoms with Crippen LogP contribution in [0.15, 0.2) is 28.7 Å². The second-order valence-corrected chi connectivity index (χ2v) is 6.89. The number of hydrogen-bond donors (Lipinski definition) is 0. The molecule has 0 saturated heterocycles. The lowest BCUT2D eigenvalue weighted by Crippen LogP contribution is -2.11. The van der Waals surface area contributed by atoms with Gasteiger partial charge in [-0.1, -0.05) is 39.1 Å². The van der Waals surface area contributed by atoms with Crippen LogP contribution in [-0.2, 0) is 0 Å². The number of hydrogen-bond acceptors (Lipinski definition) is 3. The van der Waals surface area contributed by atoms with E-state index in [-0.39, 0.29) is 12.4 Å². The second kappa shape index (κ2) is 6.27. The molecule has 0 atom stereocenters. The van der Waals surface area contributed by atoms with Gasteiger partial charge in [-0.3, -0.25) is 4.79 Å². The van der Waals surface area contributed by atoms with Crippen molar-refractivity contribution in [2.75, 3.05) is 6.61 Å². The van der Waals surface area contributed by atoms with Crippen LogP contribution in [0.3, 0.4) is 0 Å². The van der Waals surface area contributed by atoms with E-state index in [1.807, 2.05) is 13.0 Å². The van der Waals surface area contributed by atoms with E-state index in [1.54, 1.807) is 18.2 Å². The summed E-state index contributed by atoms with van der Waals surface area (Å²) < 4.78 is 6.97. The summed E-state index contributed by atoms with van der Waals surface area (Å²) in [5.41, 5.74) is 0.872. The number of rotatable bonds is 4. The van der Waals surface area contributed by atoms with Crippen molar-refractivity contribution < 1.29 is 9.53 Å². The molecule has 1 aromatic carbocycles. The van der Waals surface area contributed by atoms with E-state index in [9.17, 15) is 4.79 Å². The Kier molecular flexibility index (Phi) is 4.90. The lowest BCUT2D eigenvalue weighted by molar-refractivity contribution is 0.0925. The van der Waals surface area contributed by atoms with Crippen LogP contribution in [0.25, 0.3) is 0 Å². The first-order valence-corrected chi connectivity index (χ1v) is 7.71. The molecule has 0 aliphatic rings. The average Bonchev–Trinajstić information content (AvgIpc) is 2.74. The van der Waals surface area contributed by atoms with E-state index >= 15 is 0 Å². The van der Waals surface area contributed by atoms with Crippen molar-refractivity contribution in [1.82, 2.24) is 0 Å². The van der Waals surface area contributed by atoms with Crippen LogP contribution >= 0.6 is 50.5 Å². The average molecular weight is 380 g/mol. The van der Waals surface area contributed by atoms with Crippen molar-refractivity contribution in [2.24, 2.45) is 0 Å². The minimum atomic E-state index is -0.115. The van der Waals surface area contributed by atoms with Crippen LogP contribution in [-0.4, -0.2) is 12.4 Å². The van der Waals surface area contributed by atoms with E-state index in [0.717, 1.165) is 10.0 Å². The third-order valence-electron chi connectivity index (χ3n) is 2.39. The number of ketones is 1. The number of carbonyl (C=O) groups excluding carboxylic acids is 1. The fourth-order valence-corrected chi connectivity index (χ4v) is 3.54. The highest BCUT2D eigenvalue weighted by atomic mass is 79.9. The van der Waals surface area contributed by atoms with Crippen molar-refractivity contribution in [2.45, 2.75) is 6.92 Å². The summed E-state index contributed by atoms with van der Waals surface area (Å²) in [4.78, 5) is 12.5. The quantitative estimate of drug-likeness (QED) is 0.666. The summed E-state index contributed by atoms with van der Waals surface area (Å²) in [6.45, 7) is 1.82. The molecule has 0 spiro atoms. The molecule has 2 aromatic rings. The van der Waals surface area contributed by atoms with E-state index in [4.69, 9.17) is 27.9 Å². The first-order valence-electron chi connectivity index (χ1n) is 5.34. The Morgan fingerprint density at radius 1 is 1.37 bits per heavy atom. The van der Waals surface area contributed by atoms with Gasteiger partial charge in [0, 0.05) is 4.47 Å². The Labute approximate surface area is 133 Å². The molecule has 0 radical (unpaired) electrons. The topological polar surface area (TPSA) is 26.3 Å². The van der Waals surface area contributed by atoms with E-state index in [0.29, 0.717) is 20.0 Å². The summed E-state index contributed by atoms with van der Waals surface area (Å²) in [5.74, 6) is 0.413. The molecule has 2 nitrogen and oxygen atoms in total. The maximum atomic E-state index is 11.9. The standard InChI is InChI=1S/C13H9BrCl2O2S/c1-7-4-8(14)5-9(15)13(7)18-6-10(17)11-2-3-12(16)19-11/h2-5H,6H2,1H3. The van der Waals surface area contributed by atoms with Crippen LogP contribution in [0.2, 0.25) is 9.36 Å². The van der Waals surface area contributed by atoms with Crippen molar-refractivity contribution in [3.8, 4) is 5.75 Å². The van der Waals surface area contributed by atoms with E-state index < -0.39 is 0 Å². The molecule has 1 heterocycles. The monoisotopic (exact) mass is 378 g/mol. The fourth-order valence-electron chi connectivity index (χ4n) is 1.54. The van der Waals surface area contributed by atoms with E-state index in [2.05, 4.69) is 15.9 Å². The van der Waals surface area contributed by atoms with Gasteiger partial charge in [0.15, 0.2) is 6.61 Å². The highest BCUT2D eigenvalue weighted by Crippen LogP contribution is 2.32. The lowest BCUT2D eigenvalue weighted by atomic mass is 10.2. The van der Waals surface area contributed by atoms with Crippen LogP contribution in [0.1, 0.15) is 15.2 Å². The summed E-state index contributed by atoms with van der Waals surface area (Å²) in [7, 11) is 0. The fraction of sp³-hybridized carbons (Fsp3) is 0.154. The van der Waals surface area contributed by atoms with Crippen LogP contribution in [0.5, 0.6) is 5.75 Å². The molecule has 0 aliphatic carbocycles. The first kappa shape index (κ1) is 14.9. The Balaban J connectivity index is 2.09. The van der Waals surface area contributed by atoms with Gasteiger partial charge in [-0.25, -0.2) is 0 Å². The molecule has 0 aliphatic heterocycles. The van der Waals surface area contributed by atoms with Gasteiger partial charge in [-0.05, 0) is 36.8 Å². The molecule has 0 amide bonds. The van der Waals surface area contributed by atoms with Gasteiger partial charge in [0.25, 0.3) is 0 Å². The van der Waals surface area contributed by atoms with Crippen molar-refractivity contribution in [3.63, 3.8) is 0 Å². The maximum absolute atomic E-state index is 11.9. The first-order chi connectivity index (χ1) is 8.97. The van der Waals surface area contributed by atoms with Crippen molar-refractivity contribution in [1.29, 1.82) is 0 Å². The Morgan fingerprint density at radius 3 is 2.68 bits per heavy atom. The van der Waals surface area contributed by atoms with Gasteiger partial charge < -0.3 is 4.74 Å². The second-order valence-electron chi connectivity index (χ2n) is 3.85. The molecule has 100 valence electrons. The molecular formula is C13H9BrCl2O2S. The third kappa shape index (κ3) is 3.72. The number of benzene rings is 1. The number of halogens is 3. The number of thiophene rings is 1. The molecule has 0 fully saturated rings. The molecular weight excluding hydrogens is 371 g/mol. The molecule has 0 N–H and O–H groups in total.